The number of para-hydroxylation sites is 3. The standard InChI is InChI=1S/C31H34N2O4/c1-5-19(2)37-29-13-9-6-10-22(29)31-30-26(32-24-11-7-8-12-25(24)33-31)16-20(17-27(30)34)23-18-21(35-3)14-15-28(23)36-4/h6-15,18-20,31-33H,5,16-17H2,1-4H3. The van der Waals surface area contributed by atoms with E-state index in [1.165, 1.54) is 0 Å². The van der Waals surface area contributed by atoms with Crippen LogP contribution in [0.5, 0.6) is 17.2 Å². The number of methoxy groups -OCH3 is 2. The lowest BCUT2D eigenvalue weighted by Gasteiger charge is -2.31. The molecule has 192 valence electrons. The third-order valence-electron chi connectivity index (χ3n) is 7.32. The molecule has 0 bridgehead atoms. The number of hydrogen-bond donors (Lipinski definition) is 2. The molecule has 3 unspecified atom stereocenters. The second-order valence-electron chi connectivity index (χ2n) is 9.65. The molecule has 1 aliphatic heterocycles. The highest BCUT2D eigenvalue weighted by atomic mass is 16.5. The van der Waals surface area contributed by atoms with Crippen LogP contribution < -0.4 is 24.8 Å². The summed E-state index contributed by atoms with van der Waals surface area (Å²) in [5.41, 5.74) is 5.51. The first-order valence-electron chi connectivity index (χ1n) is 12.9. The molecule has 3 atom stereocenters. The zero-order valence-electron chi connectivity index (χ0n) is 21.8. The molecule has 6 nitrogen and oxygen atoms in total. The van der Waals surface area contributed by atoms with Gasteiger partial charge in [0.05, 0.1) is 37.7 Å². The number of carbonyl (C=O) groups excluding carboxylic acids is 1. The first-order valence-corrected chi connectivity index (χ1v) is 12.9. The molecule has 2 aliphatic rings. The van der Waals surface area contributed by atoms with Crippen LogP contribution in [0.1, 0.15) is 56.2 Å². The first kappa shape index (κ1) is 24.8. The number of hydrogen-bond acceptors (Lipinski definition) is 6. The third kappa shape index (κ3) is 4.88. The highest BCUT2D eigenvalue weighted by Gasteiger charge is 2.38. The lowest BCUT2D eigenvalue weighted by molar-refractivity contribution is -0.116. The molecule has 0 spiro atoms. The van der Waals surface area contributed by atoms with Gasteiger partial charge in [0.2, 0.25) is 0 Å². The average Bonchev–Trinajstić information content (AvgIpc) is 3.09. The number of Topliss-reactive ketones (excluding diaryl/α,β-unsaturated/α-hetero) is 1. The van der Waals surface area contributed by atoms with E-state index in [1.54, 1.807) is 14.2 Å². The van der Waals surface area contributed by atoms with Gasteiger partial charge in [-0.25, -0.2) is 0 Å². The SMILES string of the molecule is CCC(C)Oc1ccccc1C1Nc2ccccc2NC2=C1C(=O)CC(c1cc(OC)ccc1OC)C2. The number of ketones is 1. The van der Waals surface area contributed by atoms with Crippen LogP contribution in [0, 0.1) is 0 Å². The van der Waals surface area contributed by atoms with Crippen molar-refractivity contribution < 1.29 is 19.0 Å². The maximum Gasteiger partial charge on any atom is 0.163 e. The Hall–Kier alpha value is -3.93. The van der Waals surface area contributed by atoms with Gasteiger partial charge in [-0.1, -0.05) is 37.3 Å². The molecule has 2 N–H and O–H groups in total. The van der Waals surface area contributed by atoms with E-state index < -0.39 is 0 Å². The lowest BCUT2D eigenvalue weighted by Crippen LogP contribution is -2.27. The van der Waals surface area contributed by atoms with Gasteiger partial charge in [0, 0.05) is 34.7 Å². The Morgan fingerprint density at radius 3 is 2.41 bits per heavy atom. The van der Waals surface area contributed by atoms with E-state index in [2.05, 4.69) is 30.5 Å². The summed E-state index contributed by atoms with van der Waals surface area (Å²) in [6.45, 7) is 4.17. The Kier molecular flexibility index (Phi) is 7.08. The molecule has 0 amide bonds. The van der Waals surface area contributed by atoms with E-state index in [9.17, 15) is 4.79 Å². The molecule has 0 radical (unpaired) electrons. The summed E-state index contributed by atoms with van der Waals surface area (Å²) in [6.07, 6.45) is 2.02. The van der Waals surface area contributed by atoms with Crippen molar-refractivity contribution in [1.29, 1.82) is 0 Å². The van der Waals surface area contributed by atoms with Crippen molar-refractivity contribution in [3.63, 3.8) is 0 Å². The number of allylic oxidation sites excluding steroid dienone is 1. The van der Waals surface area contributed by atoms with Crippen LogP contribution >= 0.6 is 0 Å². The minimum Gasteiger partial charge on any atom is -0.497 e. The fourth-order valence-electron chi connectivity index (χ4n) is 5.23. The van der Waals surface area contributed by atoms with Gasteiger partial charge >= 0.3 is 0 Å². The Morgan fingerprint density at radius 1 is 0.892 bits per heavy atom. The van der Waals surface area contributed by atoms with E-state index in [0.29, 0.717) is 12.8 Å². The summed E-state index contributed by atoms with van der Waals surface area (Å²) in [4.78, 5) is 14.0. The maximum absolute atomic E-state index is 14.0. The van der Waals surface area contributed by atoms with E-state index in [-0.39, 0.29) is 23.8 Å². The molecular formula is C31H34N2O4. The smallest absolute Gasteiger partial charge is 0.163 e. The zero-order chi connectivity index (χ0) is 25.9. The molecule has 0 saturated carbocycles. The number of anilines is 2. The molecule has 1 heterocycles. The van der Waals surface area contributed by atoms with Gasteiger partial charge in [-0.3, -0.25) is 4.79 Å². The van der Waals surface area contributed by atoms with Crippen molar-refractivity contribution >= 4 is 17.2 Å². The van der Waals surface area contributed by atoms with Gasteiger partial charge < -0.3 is 24.8 Å². The minimum atomic E-state index is -0.341. The lowest BCUT2D eigenvalue weighted by atomic mass is 9.78. The van der Waals surface area contributed by atoms with E-state index in [4.69, 9.17) is 14.2 Å². The predicted octanol–water partition coefficient (Wildman–Crippen LogP) is 6.86. The number of fused-ring (bicyclic) bond motifs is 1. The number of benzene rings is 3. The third-order valence-corrected chi connectivity index (χ3v) is 7.32. The van der Waals surface area contributed by atoms with Gasteiger partial charge in [0.25, 0.3) is 0 Å². The highest BCUT2D eigenvalue weighted by Crippen LogP contribution is 2.47. The fraction of sp³-hybridized carbons (Fsp3) is 0.323. The summed E-state index contributed by atoms with van der Waals surface area (Å²) >= 11 is 0. The van der Waals surface area contributed by atoms with Crippen LogP contribution in [0.15, 0.2) is 78.0 Å². The molecule has 1 aliphatic carbocycles. The van der Waals surface area contributed by atoms with Crippen LogP contribution in [0.25, 0.3) is 0 Å². The first-order chi connectivity index (χ1) is 18.0. The number of rotatable bonds is 7. The topological polar surface area (TPSA) is 68.8 Å². The van der Waals surface area contributed by atoms with Gasteiger partial charge in [-0.05, 0) is 56.2 Å². The van der Waals surface area contributed by atoms with E-state index in [0.717, 1.165) is 57.4 Å². The van der Waals surface area contributed by atoms with Crippen molar-refractivity contribution in [3.8, 4) is 17.2 Å². The molecule has 37 heavy (non-hydrogen) atoms. The normalized spacial score (nSPS) is 19.5. The van der Waals surface area contributed by atoms with Crippen molar-refractivity contribution in [2.45, 2.75) is 51.2 Å². The minimum absolute atomic E-state index is 0.0404. The van der Waals surface area contributed by atoms with Gasteiger partial charge in [-0.15, -0.1) is 0 Å². The quantitative estimate of drug-likeness (QED) is 0.371. The van der Waals surface area contributed by atoms with Gasteiger partial charge in [0.1, 0.15) is 17.2 Å². The molecule has 6 heteroatoms. The number of nitrogens with one attached hydrogen (secondary N) is 2. The Balaban J connectivity index is 1.62. The van der Waals surface area contributed by atoms with Gasteiger partial charge in [-0.2, -0.15) is 0 Å². The van der Waals surface area contributed by atoms with Crippen molar-refractivity contribution in [3.05, 3.63) is 89.1 Å². The number of ether oxygens (including phenoxy) is 3. The van der Waals surface area contributed by atoms with Gasteiger partial charge in [0.15, 0.2) is 5.78 Å². The second-order valence-corrected chi connectivity index (χ2v) is 9.65. The van der Waals surface area contributed by atoms with Crippen molar-refractivity contribution in [1.82, 2.24) is 0 Å². The van der Waals surface area contributed by atoms with Crippen molar-refractivity contribution in [2.75, 3.05) is 24.9 Å². The maximum atomic E-state index is 14.0. The Bertz CT molecular complexity index is 1330. The summed E-state index contributed by atoms with van der Waals surface area (Å²) in [5.74, 6) is 2.37. The molecule has 0 fully saturated rings. The van der Waals surface area contributed by atoms with Crippen LogP contribution in [0.2, 0.25) is 0 Å². The summed E-state index contributed by atoms with van der Waals surface area (Å²) in [7, 11) is 3.31. The highest BCUT2D eigenvalue weighted by molar-refractivity contribution is 6.01. The van der Waals surface area contributed by atoms with Crippen LogP contribution in [0.3, 0.4) is 0 Å². The van der Waals surface area contributed by atoms with Crippen LogP contribution in [-0.4, -0.2) is 26.1 Å². The Labute approximate surface area is 218 Å². The fourth-order valence-corrected chi connectivity index (χ4v) is 5.23. The summed E-state index contributed by atoms with van der Waals surface area (Å²) < 4.78 is 17.5. The molecule has 0 aromatic heterocycles. The summed E-state index contributed by atoms with van der Waals surface area (Å²) in [5, 5.41) is 7.28. The molecule has 3 aromatic carbocycles. The molecule has 5 rings (SSSR count). The predicted molar refractivity (Wildman–Crippen MR) is 147 cm³/mol. The van der Waals surface area contributed by atoms with E-state index in [1.807, 2.05) is 60.7 Å². The Morgan fingerprint density at radius 2 is 1.65 bits per heavy atom. The molecule has 3 aromatic rings. The second kappa shape index (κ2) is 10.6. The average molecular weight is 499 g/mol. The van der Waals surface area contributed by atoms with Crippen LogP contribution in [0.4, 0.5) is 11.4 Å². The molecule has 0 saturated heterocycles. The zero-order valence-corrected chi connectivity index (χ0v) is 21.8. The largest absolute Gasteiger partial charge is 0.497 e. The van der Waals surface area contributed by atoms with E-state index >= 15 is 0 Å². The molecular weight excluding hydrogens is 464 g/mol. The van der Waals surface area contributed by atoms with Crippen LogP contribution in [-0.2, 0) is 4.79 Å². The number of carbonyl (C=O) groups is 1. The monoisotopic (exact) mass is 498 g/mol. The van der Waals surface area contributed by atoms with Crippen molar-refractivity contribution in [2.24, 2.45) is 0 Å². The summed E-state index contributed by atoms with van der Waals surface area (Å²) in [6, 6.07) is 21.5.